The number of unbranched alkanes of at least 4 members (excludes halogenated alkanes) is 3. The first-order chi connectivity index (χ1) is 5.72. The molecule has 0 aliphatic heterocycles. The zero-order valence-electron chi connectivity index (χ0n) is 8.61. The molecule has 0 aromatic rings. The zero-order valence-corrected chi connectivity index (χ0v) is 8.61. The van der Waals surface area contributed by atoms with Gasteiger partial charge in [-0.15, -0.1) is 6.42 Å². The number of rotatable bonds is 5. The van der Waals surface area contributed by atoms with E-state index in [4.69, 9.17) is 6.42 Å². The fourth-order valence-corrected chi connectivity index (χ4v) is 1.13. The van der Waals surface area contributed by atoms with Gasteiger partial charge in [-0.1, -0.05) is 37.7 Å². The molecule has 0 bridgehead atoms. The molecule has 0 aliphatic carbocycles. The van der Waals surface area contributed by atoms with Crippen LogP contribution < -0.4 is 0 Å². The van der Waals surface area contributed by atoms with E-state index in [9.17, 15) is 0 Å². The van der Waals surface area contributed by atoms with Crippen molar-refractivity contribution in [3.8, 4) is 12.3 Å². The third kappa shape index (κ3) is 5.02. The minimum atomic E-state index is 1.12. The van der Waals surface area contributed by atoms with E-state index < -0.39 is 0 Å². The second-order valence-electron chi connectivity index (χ2n) is 3.36. The number of hydrogen-bond acceptors (Lipinski definition) is 0. The van der Waals surface area contributed by atoms with Crippen molar-refractivity contribution in [3.05, 3.63) is 11.1 Å². The molecule has 12 heavy (non-hydrogen) atoms. The summed E-state index contributed by atoms with van der Waals surface area (Å²) in [5.41, 5.74) is 2.50. The predicted octanol–water partition coefficient (Wildman–Crippen LogP) is 3.93. The van der Waals surface area contributed by atoms with E-state index in [2.05, 4.69) is 19.8 Å². The SMILES string of the molecule is C#CC(C)=C(C)CCCCCC. The van der Waals surface area contributed by atoms with Gasteiger partial charge in [0.25, 0.3) is 0 Å². The molecule has 68 valence electrons. The maximum absolute atomic E-state index is 5.30. The predicted molar refractivity (Wildman–Crippen MR) is 56.0 cm³/mol. The Labute approximate surface area is 77.1 Å². The lowest BCUT2D eigenvalue weighted by Gasteiger charge is -2.02. The molecule has 0 unspecified atom stereocenters. The van der Waals surface area contributed by atoms with Crippen LogP contribution in [0.15, 0.2) is 11.1 Å². The van der Waals surface area contributed by atoms with Crippen molar-refractivity contribution in [3.63, 3.8) is 0 Å². The summed E-state index contributed by atoms with van der Waals surface area (Å²) >= 11 is 0. The molecule has 0 heterocycles. The summed E-state index contributed by atoms with van der Waals surface area (Å²) in [5.74, 6) is 2.69. The lowest BCUT2D eigenvalue weighted by molar-refractivity contribution is 0.663. The van der Waals surface area contributed by atoms with Gasteiger partial charge < -0.3 is 0 Å². The van der Waals surface area contributed by atoms with Crippen molar-refractivity contribution in [2.24, 2.45) is 0 Å². The van der Waals surface area contributed by atoms with E-state index in [1.165, 1.54) is 37.7 Å². The minimum Gasteiger partial charge on any atom is -0.115 e. The van der Waals surface area contributed by atoms with Crippen LogP contribution in [0.4, 0.5) is 0 Å². The summed E-state index contributed by atoms with van der Waals surface area (Å²) in [6, 6.07) is 0. The van der Waals surface area contributed by atoms with E-state index in [0.717, 1.165) is 5.57 Å². The lowest BCUT2D eigenvalue weighted by atomic mass is 10.0. The summed E-state index contributed by atoms with van der Waals surface area (Å²) in [5, 5.41) is 0. The maximum atomic E-state index is 5.30. The molecule has 0 saturated heterocycles. The molecule has 0 heteroatoms. The highest BCUT2D eigenvalue weighted by atomic mass is 14.0. The van der Waals surface area contributed by atoms with Crippen LogP contribution >= 0.6 is 0 Å². The van der Waals surface area contributed by atoms with Crippen LogP contribution in [0.3, 0.4) is 0 Å². The Morgan fingerprint density at radius 3 is 2.33 bits per heavy atom. The van der Waals surface area contributed by atoms with E-state index in [-0.39, 0.29) is 0 Å². The lowest BCUT2D eigenvalue weighted by Crippen LogP contribution is -1.83. The second kappa shape index (κ2) is 6.98. The van der Waals surface area contributed by atoms with Crippen LogP contribution in [0.25, 0.3) is 0 Å². The Bertz CT molecular complexity index is 179. The Morgan fingerprint density at radius 2 is 1.83 bits per heavy atom. The van der Waals surface area contributed by atoms with E-state index in [0.29, 0.717) is 0 Å². The van der Waals surface area contributed by atoms with Gasteiger partial charge in [-0.2, -0.15) is 0 Å². The zero-order chi connectivity index (χ0) is 9.40. The van der Waals surface area contributed by atoms with E-state index in [1.807, 2.05) is 6.92 Å². The van der Waals surface area contributed by atoms with Crippen molar-refractivity contribution >= 4 is 0 Å². The normalized spacial score (nSPS) is 12.2. The quantitative estimate of drug-likeness (QED) is 0.426. The van der Waals surface area contributed by atoms with Crippen molar-refractivity contribution in [1.29, 1.82) is 0 Å². The van der Waals surface area contributed by atoms with Crippen LogP contribution in [0.1, 0.15) is 52.9 Å². The van der Waals surface area contributed by atoms with Gasteiger partial charge in [-0.3, -0.25) is 0 Å². The minimum absolute atomic E-state index is 1.12. The standard InChI is InChI=1S/C12H20/c1-5-7-8-9-10-12(4)11(3)6-2/h2H,5,7-10H2,1,3-4H3. The first-order valence-corrected chi connectivity index (χ1v) is 4.85. The van der Waals surface area contributed by atoms with Crippen LogP contribution in [0, 0.1) is 12.3 Å². The third-order valence-corrected chi connectivity index (χ3v) is 2.26. The van der Waals surface area contributed by atoms with Crippen LogP contribution in [0.2, 0.25) is 0 Å². The molecule has 0 spiro atoms. The average molecular weight is 164 g/mol. The molecule has 0 rings (SSSR count). The third-order valence-electron chi connectivity index (χ3n) is 2.26. The fraction of sp³-hybridized carbons (Fsp3) is 0.667. The van der Waals surface area contributed by atoms with Gasteiger partial charge in [0.15, 0.2) is 0 Å². The Morgan fingerprint density at radius 1 is 1.17 bits per heavy atom. The van der Waals surface area contributed by atoms with Crippen molar-refractivity contribution < 1.29 is 0 Å². The van der Waals surface area contributed by atoms with Crippen LogP contribution in [-0.2, 0) is 0 Å². The molecule has 0 atom stereocenters. The molecule has 0 aromatic carbocycles. The van der Waals surface area contributed by atoms with Crippen molar-refractivity contribution in [2.75, 3.05) is 0 Å². The summed E-state index contributed by atoms with van der Waals surface area (Å²) in [4.78, 5) is 0. The summed E-state index contributed by atoms with van der Waals surface area (Å²) in [6.45, 7) is 6.39. The first kappa shape index (κ1) is 11.3. The molecular weight excluding hydrogens is 144 g/mol. The monoisotopic (exact) mass is 164 g/mol. The topological polar surface area (TPSA) is 0 Å². The number of allylic oxidation sites excluding steroid dienone is 2. The largest absolute Gasteiger partial charge is 0.115 e. The molecule has 0 nitrogen and oxygen atoms in total. The molecule has 0 aliphatic rings. The van der Waals surface area contributed by atoms with Crippen molar-refractivity contribution in [2.45, 2.75) is 52.9 Å². The van der Waals surface area contributed by atoms with Gasteiger partial charge in [0.2, 0.25) is 0 Å². The highest BCUT2D eigenvalue weighted by Gasteiger charge is 1.94. The highest BCUT2D eigenvalue weighted by molar-refractivity contribution is 5.27. The van der Waals surface area contributed by atoms with Crippen molar-refractivity contribution in [1.82, 2.24) is 0 Å². The molecule has 0 radical (unpaired) electrons. The van der Waals surface area contributed by atoms with Gasteiger partial charge in [0.1, 0.15) is 0 Å². The molecule has 0 amide bonds. The van der Waals surface area contributed by atoms with Gasteiger partial charge >= 0.3 is 0 Å². The molecular formula is C12H20. The van der Waals surface area contributed by atoms with E-state index >= 15 is 0 Å². The summed E-state index contributed by atoms with van der Waals surface area (Å²) < 4.78 is 0. The molecule has 0 saturated carbocycles. The van der Waals surface area contributed by atoms with Gasteiger partial charge in [-0.25, -0.2) is 0 Å². The molecule has 0 N–H and O–H groups in total. The number of hydrogen-bond donors (Lipinski definition) is 0. The smallest absolute Gasteiger partial charge is 0.00242 e. The molecule has 0 aromatic heterocycles. The Kier molecular flexibility index (Phi) is 6.57. The van der Waals surface area contributed by atoms with E-state index in [1.54, 1.807) is 0 Å². The maximum Gasteiger partial charge on any atom is -0.00242 e. The summed E-state index contributed by atoms with van der Waals surface area (Å²) in [7, 11) is 0. The average Bonchev–Trinajstić information content (AvgIpc) is 2.10. The summed E-state index contributed by atoms with van der Waals surface area (Å²) in [6.07, 6.45) is 11.8. The van der Waals surface area contributed by atoms with Gasteiger partial charge in [0, 0.05) is 0 Å². The molecule has 0 fully saturated rings. The Hall–Kier alpha value is -0.700. The van der Waals surface area contributed by atoms with Gasteiger partial charge in [-0.05, 0) is 32.3 Å². The fourth-order valence-electron chi connectivity index (χ4n) is 1.13. The number of terminal acetylenes is 1. The van der Waals surface area contributed by atoms with Crippen LogP contribution in [-0.4, -0.2) is 0 Å². The van der Waals surface area contributed by atoms with Crippen LogP contribution in [0.5, 0.6) is 0 Å². The second-order valence-corrected chi connectivity index (χ2v) is 3.36. The highest BCUT2D eigenvalue weighted by Crippen LogP contribution is 2.12. The first-order valence-electron chi connectivity index (χ1n) is 4.85. The van der Waals surface area contributed by atoms with Gasteiger partial charge in [0.05, 0.1) is 0 Å². The Balaban J connectivity index is 3.58.